The molecule has 2 aliphatic heterocycles. The molecule has 2 aliphatic rings. The Balaban J connectivity index is 1.78. The van der Waals surface area contributed by atoms with Crippen LogP contribution in [0.15, 0.2) is 53.5 Å². The summed E-state index contributed by atoms with van der Waals surface area (Å²) in [5, 5.41) is 15.9. The zero-order valence-corrected chi connectivity index (χ0v) is 14.5. The van der Waals surface area contributed by atoms with Gasteiger partial charge in [0.15, 0.2) is 6.04 Å². The summed E-state index contributed by atoms with van der Waals surface area (Å²) in [7, 11) is 0. The van der Waals surface area contributed by atoms with E-state index in [9.17, 15) is 9.90 Å². The first-order valence-electron chi connectivity index (χ1n) is 8.91. The lowest BCUT2D eigenvalue weighted by Crippen LogP contribution is -2.43. The monoisotopic (exact) mass is 350 g/mol. The van der Waals surface area contributed by atoms with E-state index in [0.717, 1.165) is 54.4 Å². The van der Waals surface area contributed by atoms with Gasteiger partial charge < -0.3 is 20.6 Å². The number of fused-ring (bicyclic) bond motifs is 1. The quantitative estimate of drug-likeness (QED) is 0.779. The molecule has 3 N–H and O–H groups in total. The van der Waals surface area contributed by atoms with Gasteiger partial charge in [-0.2, -0.15) is 0 Å². The van der Waals surface area contributed by atoms with Crippen molar-refractivity contribution in [2.24, 2.45) is 4.99 Å². The van der Waals surface area contributed by atoms with Gasteiger partial charge in [-0.25, -0.2) is 0 Å². The summed E-state index contributed by atoms with van der Waals surface area (Å²) in [4.78, 5) is 19.3. The Morgan fingerprint density at radius 1 is 1.12 bits per heavy atom. The Morgan fingerprint density at radius 2 is 1.88 bits per heavy atom. The summed E-state index contributed by atoms with van der Waals surface area (Å²) in [6, 6.07) is 15.1. The van der Waals surface area contributed by atoms with Gasteiger partial charge in [-0.3, -0.25) is 9.79 Å². The van der Waals surface area contributed by atoms with E-state index < -0.39 is 6.04 Å². The Labute approximate surface area is 152 Å². The minimum absolute atomic E-state index is 0.280. The Hall–Kier alpha value is -2.70. The highest BCUT2D eigenvalue weighted by molar-refractivity contribution is 6.20. The highest BCUT2D eigenvalue weighted by atomic mass is 16.3. The number of carbonyl (C=O) groups excluding carboxylic acids is 1. The molecule has 0 spiro atoms. The predicted octanol–water partition coefficient (Wildman–Crippen LogP) is 1.25. The fraction of sp³-hybridized carbons (Fsp3) is 0.300. The maximum Gasteiger partial charge on any atom is 0.251 e. The van der Waals surface area contributed by atoms with Crippen molar-refractivity contribution in [2.45, 2.75) is 6.04 Å². The summed E-state index contributed by atoms with van der Waals surface area (Å²) >= 11 is 0. The van der Waals surface area contributed by atoms with E-state index in [2.05, 4.69) is 26.6 Å². The van der Waals surface area contributed by atoms with Crippen molar-refractivity contribution < 1.29 is 9.90 Å². The zero-order valence-electron chi connectivity index (χ0n) is 14.5. The first-order valence-corrected chi connectivity index (χ1v) is 8.91. The SMILES string of the molecule is O=C1Nc2cc(N3CCNCC3)ccc2C(c2ccccc2)=N[C@H]1CO. The maximum absolute atomic E-state index is 12.5. The predicted molar refractivity (Wildman–Crippen MR) is 103 cm³/mol. The van der Waals surface area contributed by atoms with E-state index in [1.165, 1.54) is 0 Å². The third kappa shape index (κ3) is 3.21. The Bertz CT molecular complexity index is 829. The second-order valence-electron chi connectivity index (χ2n) is 6.50. The standard InChI is InChI=1S/C20H22N4O2/c25-13-18-20(26)23-17-12-15(24-10-8-21-9-11-24)6-7-16(17)19(22-18)14-4-2-1-3-5-14/h1-7,12,18,21,25H,8-11,13H2,(H,23,26)/t18-/m0/s1. The molecule has 134 valence electrons. The molecule has 0 radical (unpaired) electrons. The van der Waals surface area contributed by atoms with Crippen LogP contribution in [0.4, 0.5) is 11.4 Å². The van der Waals surface area contributed by atoms with E-state index in [4.69, 9.17) is 0 Å². The highest BCUT2D eigenvalue weighted by Gasteiger charge is 2.26. The number of anilines is 2. The average Bonchev–Trinajstić information content (AvgIpc) is 2.84. The van der Waals surface area contributed by atoms with Gasteiger partial charge in [-0.1, -0.05) is 30.3 Å². The smallest absolute Gasteiger partial charge is 0.251 e. The first-order chi connectivity index (χ1) is 12.8. The number of aliphatic hydroxyl groups is 1. The molecule has 1 fully saturated rings. The topological polar surface area (TPSA) is 77.0 Å². The number of piperazine rings is 1. The van der Waals surface area contributed by atoms with Crippen LogP contribution in [0.2, 0.25) is 0 Å². The van der Waals surface area contributed by atoms with E-state index in [1.54, 1.807) is 0 Å². The van der Waals surface area contributed by atoms with Crippen LogP contribution >= 0.6 is 0 Å². The number of hydrogen-bond donors (Lipinski definition) is 3. The molecule has 6 nitrogen and oxygen atoms in total. The van der Waals surface area contributed by atoms with Crippen molar-refractivity contribution in [2.75, 3.05) is 43.0 Å². The molecule has 4 rings (SSSR count). The molecular formula is C20H22N4O2. The number of carbonyl (C=O) groups is 1. The van der Waals surface area contributed by atoms with Crippen LogP contribution in [0.25, 0.3) is 0 Å². The summed E-state index contributed by atoms with van der Waals surface area (Å²) in [6.07, 6.45) is 0. The number of nitrogens with one attached hydrogen (secondary N) is 2. The molecule has 1 atom stereocenters. The number of rotatable bonds is 3. The number of nitrogens with zero attached hydrogens (tertiary/aromatic N) is 2. The molecule has 6 heteroatoms. The third-order valence-electron chi connectivity index (χ3n) is 4.81. The van der Waals surface area contributed by atoms with Crippen LogP contribution in [0.1, 0.15) is 11.1 Å². The van der Waals surface area contributed by atoms with Crippen molar-refractivity contribution in [3.05, 3.63) is 59.7 Å². The third-order valence-corrected chi connectivity index (χ3v) is 4.81. The molecule has 0 aromatic heterocycles. The fourth-order valence-electron chi connectivity index (χ4n) is 3.41. The molecule has 26 heavy (non-hydrogen) atoms. The van der Waals surface area contributed by atoms with E-state index in [-0.39, 0.29) is 12.5 Å². The minimum atomic E-state index is -0.805. The molecular weight excluding hydrogens is 328 g/mol. The molecule has 0 aliphatic carbocycles. The number of amides is 1. The number of aliphatic hydroxyl groups excluding tert-OH is 1. The lowest BCUT2D eigenvalue weighted by molar-refractivity contribution is -0.118. The molecule has 1 amide bonds. The summed E-state index contributed by atoms with van der Waals surface area (Å²) in [6.45, 7) is 3.46. The number of benzene rings is 2. The van der Waals surface area contributed by atoms with Crippen LogP contribution in [0.5, 0.6) is 0 Å². The number of aliphatic imine (C=N–C) groups is 1. The van der Waals surface area contributed by atoms with E-state index in [0.29, 0.717) is 0 Å². The molecule has 1 saturated heterocycles. The molecule has 0 unspecified atom stereocenters. The summed E-state index contributed by atoms with van der Waals surface area (Å²) in [5.74, 6) is -0.280. The van der Waals surface area contributed by atoms with Crippen molar-refractivity contribution in [3.8, 4) is 0 Å². The van der Waals surface area contributed by atoms with Crippen LogP contribution in [0, 0.1) is 0 Å². The van der Waals surface area contributed by atoms with Crippen molar-refractivity contribution >= 4 is 23.0 Å². The van der Waals surface area contributed by atoms with Crippen LogP contribution < -0.4 is 15.5 Å². The van der Waals surface area contributed by atoms with Crippen LogP contribution in [-0.2, 0) is 4.79 Å². The van der Waals surface area contributed by atoms with Gasteiger partial charge in [0.05, 0.1) is 18.0 Å². The van der Waals surface area contributed by atoms with Gasteiger partial charge in [-0.05, 0) is 18.2 Å². The van der Waals surface area contributed by atoms with Crippen molar-refractivity contribution in [1.29, 1.82) is 0 Å². The number of benzodiazepines with no additional fused rings is 1. The van der Waals surface area contributed by atoms with E-state index in [1.807, 2.05) is 42.5 Å². The van der Waals surface area contributed by atoms with Gasteiger partial charge in [0, 0.05) is 43.0 Å². The normalized spacial score (nSPS) is 20.0. The van der Waals surface area contributed by atoms with Gasteiger partial charge in [0.2, 0.25) is 0 Å². The minimum Gasteiger partial charge on any atom is -0.394 e. The molecule has 2 heterocycles. The maximum atomic E-state index is 12.5. The molecule has 0 bridgehead atoms. The lowest BCUT2D eigenvalue weighted by Gasteiger charge is -2.30. The second kappa shape index (κ2) is 7.27. The summed E-state index contributed by atoms with van der Waals surface area (Å²) in [5.41, 5.74) is 4.35. The molecule has 2 aromatic carbocycles. The Kier molecular flexibility index (Phi) is 4.69. The lowest BCUT2D eigenvalue weighted by atomic mass is 10.00. The average molecular weight is 350 g/mol. The first kappa shape index (κ1) is 16.8. The van der Waals surface area contributed by atoms with Crippen LogP contribution in [0.3, 0.4) is 0 Å². The molecule has 2 aromatic rings. The van der Waals surface area contributed by atoms with Gasteiger partial charge in [0.25, 0.3) is 5.91 Å². The van der Waals surface area contributed by atoms with Gasteiger partial charge in [-0.15, -0.1) is 0 Å². The fourth-order valence-corrected chi connectivity index (χ4v) is 3.41. The highest BCUT2D eigenvalue weighted by Crippen LogP contribution is 2.29. The van der Waals surface area contributed by atoms with E-state index >= 15 is 0 Å². The Morgan fingerprint density at radius 3 is 2.62 bits per heavy atom. The largest absolute Gasteiger partial charge is 0.394 e. The van der Waals surface area contributed by atoms with Crippen LogP contribution in [-0.4, -0.2) is 55.6 Å². The number of hydrogen-bond acceptors (Lipinski definition) is 5. The summed E-state index contributed by atoms with van der Waals surface area (Å²) < 4.78 is 0. The van der Waals surface area contributed by atoms with Gasteiger partial charge >= 0.3 is 0 Å². The van der Waals surface area contributed by atoms with Crippen molar-refractivity contribution in [3.63, 3.8) is 0 Å². The van der Waals surface area contributed by atoms with Gasteiger partial charge in [0.1, 0.15) is 0 Å². The van der Waals surface area contributed by atoms with Crippen molar-refractivity contribution in [1.82, 2.24) is 5.32 Å². The second-order valence-corrected chi connectivity index (χ2v) is 6.50. The molecule has 0 saturated carbocycles. The zero-order chi connectivity index (χ0) is 17.9.